The monoisotopic (exact) mass is 394 g/mol. The number of methoxy groups -OCH3 is 1. The van der Waals surface area contributed by atoms with Crippen molar-refractivity contribution in [1.82, 2.24) is 4.90 Å². The van der Waals surface area contributed by atoms with Gasteiger partial charge >= 0.3 is 0 Å². The van der Waals surface area contributed by atoms with Crippen LogP contribution in [-0.4, -0.2) is 50.3 Å². The van der Waals surface area contributed by atoms with Gasteiger partial charge in [-0.05, 0) is 62.5 Å². The van der Waals surface area contributed by atoms with Crippen LogP contribution in [-0.2, 0) is 9.53 Å². The van der Waals surface area contributed by atoms with Crippen LogP contribution < -0.4 is 10.1 Å². The first-order valence-electron chi connectivity index (χ1n) is 10.6. The molecule has 2 fully saturated rings. The highest BCUT2D eigenvalue weighted by atomic mass is 16.5. The number of rotatable bonds is 5. The van der Waals surface area contributed by atoms with Gasteiger partial charge in [0, 0.05) is 36.4 Å². The van der Waals surface area contributed by atoms with Crippen molar-refractivity contribution < 1.29 is 14.3 Å². The predicted octanol–water partition coefficient (Wildman–Crippen LogP) is 4.19. The van der Waals surface area contributed by atoms with Gasteiger partial charge < -0.3 is 19.7 Å². The second-order valence-electron chi connectivity index (χ2n) is 7.92. The van der Waals surface area contributed by atoms with E-state index >= 15 is 0 Å². The number of ether oxygens (including phenoxy) is 2. The average molecular weight is 395 g/mol. The lowest BCUT2D eigenvalue weighted by Crippen LogP contribution is -2.45. The van der Waals surface area contributed by atoms with Gasteiger partial charge in [-0.15, -0.1) is 0 Å². The molecule has 0 unspecified atom stereocenters. The molecule has 0 saturated carbocycles. The number of para-hydroxylation sites is 1. The van der Waals surface area contributed by atoms with E-state index in [0.717, 1.165) is 74.6 Å². The highest BCUT2D eigenvalue weighted by molar-refractivity contribution is 5.96. The van der Waals surface area contributed by atoms with Crippen LogP contribution in [0.1, 0.15) is 25.7 Å². The average Bonchev–Trinajstić information content (AvgIpc) is 2.80. The van der Waals surface area contributed by atoms with E-state index in [1.807, 2.05) is 48.5 Å². The van der Waals surface area contributed by atoms with Crippen molar-refractivity contribution in [3.8, 4) is 16.9 Å². The van der Waals surface area contributed by atoms with Crippen LogP contribution in [0.4, 0.5) is 5.69 Å². The molecular formula is C24H30N2O3. The Hall–Kier alpha value is -2.37. The molecule has 0 radical (unpaired) electrons. The van der Waals surface area contributed by atoms with E-state index in [1.165, 1.54) is 0 Å². The summed E-state index contributed by atoms with van der Waals surface area (Å²) in [4.78, 5) is 15.5. The summed E-state index contributed by atoms with van der Waals surface area (Å²) in [5.74, 6) is 1.01. The quantitative estimate of drug-likeness (QED) is 0.826. The Labute approximate surface area is 173 Å². The minimum atomic E-state index is 0.0736. The summed E-state index contributed by atoms with van der Waals surface area (Å²) in [7, 11) is 1.67. The molecule has 2 heterocycles. The number of likely N-dealkylation sites (tertiary alicyclic amines) is 1. The van der Waals surface area contributed by atoms with Gasteiger partial charge in [-0.3, -0.25) is 4.79 Å². The maximum Gasteiger partial charge on any atom is 0.227 e. The Balaban J connectivity index is 1.40. The summed E-state index contributed by atoms with van der Waals surface area (Å²) in [5, 5.41) is 3.19. The molecule has 2 aliphatic rings. The Morgan fingerprint density at radius 1 is 1.03 bits per heavy atom. The molecule has 5 nitrogen and oxygen atoms in total. The summed E-state index contributed by atoms with van der Waals surface area (Å²) in [6.45, 7) is 3.73. The Bertz CT molecular complexity index is 824. The SMILES string of the molecule is COc1cccc(-c2ccccc2NC(=O)C2CCN(C3CCOCC3)CC2)c1. The highest BCUT2D eigenvalue weighted by Gasteiger charge is 2.29. The van der Waals surface area contributed by atoms with Crippen LogP contribution in [0, 0.1) is 5.92 Å². The molecule has 0 bridgehead atoms. The minimum Gasteiger partial charge on any atom is -0.497 e. The first-order valence-corrected chi connectivity index (χ1v) is 10.6. The van der Waals surface area contributed by atoms with Gasteiger partial charge in [-0.1, -0.05) is 30.3 Å². The third kappa shape index (κ3) is 4.80. The van der Waals surface area contributed by atoms with E-state index in [0.29, 0.717) is 6.04 Å². The molecule has 4 rings (SSSR count). The Morgan fingerprint density at radius 2 is 1.79 bits per heavy atom. The van der Waals surface area contributed by atoms with Crippen LogP contribution in [0.5, 0.6) is 5.75 Å². The molecule has 0 spiro atoms. The largest absolute Gasteiger partial charge is 0.497 e. The van der Waals surface area contributed by atoms with Gasteiger partial charge in [0.2, 0.25) is 5.91 Å². The predicted molar refractivity (Wildman–Crippen MR) is 115 cm³/mol. The molecule has 5 heteroatoms. The Morgan fingerprint density at radius 3 is 2.55 bits per heavy atom. The van der Waals surface area contributed by atoms with Crippen molar-refractivity contribution in [3.05, 3.63) is 48.5 Å². The minimum absolute atomic E-state index is 0.0736. The maximum absolute atomic E-state index is 13.0. The number of nitrogens with one attached hydrogen (secondary N) is 1. The van der Waals surface area contributed by atoms with Gasteiger partial charge in [0.15, 0.2) is 0 Å². The summed E-state index contributed by atoms with van der Waals surface area (Å²) in [6, 6.07) is 16.5. The van der Waals surface area contributed by atoms with Crippen LogP contribution in [0.2, 0.25) is 0 Å². The molecule has 2 saturated heterocycles. The van der Waals surface area contributed by atoms with Crippen molar-refractivity contribution >= 4 is 11.6 Å². The third-order valence-corrected chi connectivity index (χ3v) is 6.17. The van der Waals surface area contributed by atoms with Crippen molar-refractivity contribution in [2.24, 2.45) is 5.92 Å². The molecule has 29 heavy (non-hydrogen) atoms. The van der Waals surface area contributed by atoms with E-state index in [9.17, 15) is 4.79 Å². The zero-order valence-corrected chi connectivity index (χ0v) is 17.1. The zero-order valence-electron chi connectivity index (χ0n) is 17.1. The zero-order chi connectivity index (χ0) is 20.1. The summed E-state index contributed by atoms with van der Waals surface area (Å²) in [6.07, 6.45) is 4.07. The summed E-state index contributed by atoms with van der Waals surface area (Å²) < 4.78 is 10.8. The molecule has 0 aliphatic carbocycles. The summed E-state index contributed by atoms with van der Waals surface area (Å²) in [5.41, 5.74) is 2.91. The first kappa shape index (κ1) is 19.9. The van der Waals surface area contributed by atoms with Crippen LogP contribution in [0.15, 0.2) is 48.5 Å². The molecule has 154 valence electrons. The molecule has 0 atom stereocenters. The second kappa shape index (κ2) is 9.42. The van der Waals surface area contributed by atoms with Gasteiger partial charge in [0.05, 0.1) is 7.11 Å². The number of hydrogen-bond acceptors (Lipinski definition) is 4. The van der Waals surface area contributed by atoms with E-state index in [4.69, 9.17) is 9.47 Å². The fraction of sp³-hybridized carbons (Fsp3) is 0.458. The summed E-state index contributed by atoms with van der Waals surface area (Å²) >= 11 is 0. The van der Waals surface area contributed by atoms with E-state index in [-0.39, 0.29) is 11.8 Å². The van der Waals surface area contributed by atoms with E-state index in [1.54, 1.807) is 7.11 Å². The van der Waals surface area contributed by atoms with Crippen molar-refractivity contribution in [2.75, 3.05) is 38.7 Å². The molecule has 0 aromatic heterocycles. The van der Waals surface area contributed by atoms with Crippen LogP contribution in [0.25, 0.3) is 11.1 Å². The second-order valence-corrected chi connectivity index (χ2v) is 7.92. The smallest absolute Gasteiger partial charge is 0.227 e. The Kier molecular flexibility index (Phi) is 6.47. The number of amides is 1. The van der Waals surface area contributed by atoms with Gasteiger partial charge in [-0.2, -0.15) is 0 Å². The van der Waals surface area contributed by atoms with Crippen molar-refractivity contribution in [2.45, 2.75) is 31.7 Å². The van der Waals surface area contributed by atoms with Gasteiger partial charge in [0.25, 0.3) is 0 Å². The number of anilines is 1. The number of carbonyl (C=O) groups is 1. The number of benzene rings is 2. The topological polar surface area (TPSA) is 50.8 Å². The fourth-order valence-corrected chi connectivity index (χ4v) is 4.45. The molecular weight excluding hydrogens is 364 g/mol. The van der Waals surface area contributed by atoms with E-state index in [2.05, 4.69) is 10.2 Å². The lowest BCUT2D eigenvalue weighted by atomic mass is 9.93. The number of carbonyl (C=O) groups excluding carboxylic acids is 1. The number of piperidine rings is 1. The van der Waals surface area contributed by atoms with Crippen LogP contribution >= 0.6 is 0 Å². The molecule has 2 aliphatic heterocycles. The molecule has 2 aromatic rings. The molecule has 1 amide bonds. The lowest BCUT2D eigenvalue weighted by molar-refractivity contribution is -0.121. The normalized spacial score (nSPS) is 19.1. The first-order chi connectivity index (χ1) is 14.2. The van der Waals surface area contributed by atoms with Crippen molar-refractivity contribution in [3.63, 3.8) is 0 Å². The molecule has 2 aromatic carbocycles. The maximum atomic E-state index is 13.0. The highest BCUT2D eigenvalue weighted by Crippen LogP contribution is 2.31. The van der Waals surface area contributed by atoms with Crippen molar-refractivity contribution in [1.29, 1.82) is 0 Å². The molecule has 1 N–H and O–H groups in total. The lowest BCUT2D eigenvalue weighted by Gasteiger charge is -2.38. The standard InChI is InChI=1S/C24H30N2O3/c1-28-21-6-4-5-19(17-21)22-7-2-3-8-23(22)25-24(27)18-9-13-26(14-10-18)20-11-15-29-16-12-20/h2-8,17-18,20H,9-16H2,1H3,(H,25,27). The third-order valence-electron chi connectivity index (χ3n) is 6.17. The van der Waals surface area contributed by atoms with Gasteiger partial charge in [-0.25, -0.2) is 0 Å². The number of hydrogen-bond donors (Lipinski definition) is 1. The van der Waals surface area contributed by atoms with E-state index < -0.39 is 0 Å². The number of nitrogens with zero attached hydrogens (tertiary/aromatic N) is 1. The fourth-order valence-electron chi connectivity index (χ4n) is 4.45. The van der Waals surface area contributed by atoms with Crippen LogP contribution in [0.3, 0.4) is 0 Å². The van der Waals surface area contributed by atoms with Gasteiger partial charge in [0.1, 0.15) is 5.75 Å².